The number of amides is 2. The van der Waals surface area contributed by atoms with Crippen LogP contribution in [-0.2, 0) is 9.31 Å². The topological polar surface area (TPSA) is 59.6 Å². The number of nitrogens with one attached hydrogen (secondary N) is 2. The fourth-order valence-corrected chi connectivity index (χ4v) is 2.96. The number of rotatable bonds is 5. The van der Waals surface area contributed by atoms with Crippen LogP contribution in [0.5, 0.6) is 0 Å². The molecule has 2 atom stereocenters. The van der Waals surface area contributed by atoms with E-state index in [4.69, 9.17) is 9.31 Å². The Morgan fingerprint density at radius 3 is 2.35 bits per heavy atom. The van der Waals surface area contributed by atoms with Crippen LogP contribution in [0.4, 0.5) is 14.9 Å². The molecule has 26 heavy (non-hydrogen) atoms. The zero-order valence-corrected chi connectivity index (χ0v) is 16.8. The minimum absolute atomic E-state index is 0.0610. The number of hydrogen-bond donors (Lipinski definition) is 2. The number of aryl methyl sites for hydroxylation is 1. The van der Waals surface area contributed by atoms with Gasteiger partial charge in [0.05, 0.1) is 16.9 Å². The van der Waals surface area contributed by atoms with Gasteiger partial charge in [-0.25, -0.2) is 9.18 Å². The highest BCUT2D eigenvalue weighted by molar-refractivity contribution is 6.47. The fourth-order valence-electron chi connectivity index (χ4n) is 2.96. The highest BCUT2D eigenvalue weighted by Crippen LogP contribution is 2.40. The molecule has 1 aromatic rings. The number of urea groups is 1. The summed E-state index contributed by atoms with van der Waals surface area (Å²) in [6, 6.07) is 4.00. The Morgan fingerprint density at radius 1 is 1.23 bits per heavy atom. The second kappa shape index (κ2) is 7.57. The summed E-state index contributed by atoms with van der Waals surface area (Å²) in [6.45, 7) is 13.8. The summed E-state index contributed by atoms with van der Waals surface area (Å²) in [5, 5.41) is 5.50. The second-order valence-corrected chi connectivity index (χ2v) is 8.08. The first-order chi connectivity index (χ1) is 12.0. The number of carbonyl (C=O) groups excluding carboxylic acids is 1. The molecule has 2 N–H and O–H groups in total. The molecule has 0 spiro atoms. The molecule has 0 radical (unpaired) electrons. The van der Waals surface area contributed by atoms with E-state index in [1.807, 2.05) is 48.5 Å². The van der Waals surface area contributed by atoms with Crippen molar-refractivity contribution in [3.05, 3.63) is 29.6 Å². The molecule has 2 amide bonds. The van der Waals surface area contributed by atoms with E-state index in [9.17, 15) is 9.18 Å². The van der Waals surface area contributed by atoms with Gasteiger partial charge in [-0.15, -0.1) is 0 Å². The maximum atomic E-state index is 13.8. The Labute approximate surface area is 156 Å². The van der Waals surface area contributed by atoms with E-state index in [0.717, 1.165) is 5.56 Å². The molecule has 5 nitrogen and oxygen atoms in total. The molecule has 0 aliphatic carbocycles. The lowest BCUT2D eigenvalue weighted by Crippen LogP contribution is -2.44. The molecule has 1 fully saturated rings. The first-order valence-corrected chi connectivity index (χ1v) is 9.16. The van der Waals surface area contributed by atoms with Crippen LogP contribution < -0.4 is 10.6 Å². The van der Waals surface area contributed by atoms with Gasteiger partial charge in [-0.05, 0) is 58.7 Å². The van der Waals surface area contributed by atoms with E-state index >= 15 is 0 Å². The molecule has 1 aliphatic heterocycles. The minimum Gasteiger partial charge on any atom is -0.403 e. The van der Waals surface area contributed by atoms with Crippen LogP contribution in [0.1, 0.15) is 53.5 Å². The lowest BCUT2D eigenvalue weighted by molar-refractivity contribution is 0.00578. The van der Waals surface area contributed by atoms with Gasteiger partial charge in [-0.2, -0.15) is 0 Å². The van der Waals surface area contributed by atoms with Crippen LogP contribution in [0.3, 0.4) is 0 Å². The summed E-state index contributed by atoms with van der Waals surface area (Å²) in [5.41, 5.74) is 0.203. The zero-order chi connectivity index (χ0) is 19.7. The van der Waals surface area contributed by atoms with Gasteiger partial charge < -0.3 is 19.9 Å². The molecule has 7 heteroatoms. The first-order valence-electron chi connectivity index (χ1n) is 9.16. The fraction of sp³-hybridized carbons (Fsp3) is 0.632. The van der Waals surface area contributed by atoms with Crippen LogP contribution in [0.15, 0.2) is 18.2 Å². The molecule has 1 unspecified atom stereocenters. The van der Waals surface area contributed by atoms with Gasteiger partial charge in [0, 0.05) is 11.9 Å². The highest BCUT2D eigenvalue weighted by Gasteiger charge is 2.53. The van der Waals surface area contributed by atoms with Crippen LogP contribution in [0, 0.1) is 12.7 Å². The average molecular weight is 364 g/mol. The molecular weight excluding hydrogens is 334 g/mol. The molecule has 1 aliphatic rings. The third-order valence-electron chi connectivity index (χ3n) is 5.46. The highest BCUT2D eigenvalue weighted by atomic mass is 19.1. The van der Waals surface area contributed by atoms with E-state index < -0.39 is 30.2 Å². The van der Waals surface area contributed by atoms with Crippen LogP contribution >= 0.6 is 0 Å². The summed E-state index contributed by atoms with van der Waals surface area (Å²) in [6.07, 6.45) is 0.703. The predicted octanol–water partition coefficient (Wildman–Crippen LogP) is 4.52. The minimum atomic E-state index is -0.460. The molecule has 0 bridgehead atoms. The van der Waals surface area contributed by atoms with Crippen molar-refractivity contribution in [2.24, 2.45) is 0 Å². The smallest absolute Gasteiger partial charge is 0.403 e. The predicted molar refractivity (Wildman–Crippen MR) is 103 cm³/mol. The standard InChI is InChI=1S/C19H30BFN2O3/c1-8-15(13(3)20-25-18(4,5)19(6,7)26-20)22-17(24)23-16-11-12(2)9-10-14(16)21/h9-11,13,15H,8H2,1-7H3,(H2,22,23,24)/t13-,15?/m0/s1. The van der Waals surface area contributed by atoms with Crippen LogP contribution in [0.25, 0.3) is 0 Å². The second-order valence-electron chi connectivity index (χ2n) is 8.08. The Kier molecular flexibility index (Phi) is 6.03. The number of halogens is 1. The Bertz CT molecular complexity index is 650. The maximum Gasteiger partial charge on any atom is 0.462 e. The SMILES string of the molecule is CCC(NC(=O)Nc1cc(C)ccc1F)[C@H](C)B1OC(C)(C)C(C)(C)O1. The summed E-state index contributed by atoms with van der Waals surface area (Å²) < 4.78 is 26.0. The number of anilines is 1. The van der Waals surface area contributed by atoms with Gasteiger partial charge in [0.1, 0.15) is 5.82 Å². The zero-order valence-electron chi connectivity index (χ0n) is 16.8. The monoisotopic (exact) mass is 364 g/mol. The number of benzene rings is 1. The number of hydrogen-bond acceptors (Lipinski definition) is 3. The lowest BCUT2D eigenvalue weighted by Gasteiger charge is -2.32. The van der Waals surface area contributed by atoms with Crippen LogP contribution in [0.2, 0.25) is 5.82 Å². The Hall–Kier alpha value is -1.60. The summed E-state index contributed by atoms with van der Waals surface area (Å²) in [4.78, 5) is 12.3. The van der Waals surface area contributed by atoms with Crippen molar-refractivity contribution in [2.75, 3.05) is 5.32 Å². The van der Waals surface area contributed by atoms with E-state index in [0.29, 0.717) is 6.42 Å². The molecule has 1 saturated heterocycles. The van der Waals surface area contributed by atoms with Gasteiger partial charge in [-0.3, -0.25) is 0 Å². The van der Waals surface area contributed by atoms with E-state index in [-0.39, 0.29) is 17.5 Å². The third kappa shape index (κ3) is 4.38. The molecule has 144 valence electrons. The van der Waals surface area contributed by atoms with Crippen molar-refractivity contribution in [2.45, 2.75) is 77.9 Å². The van der Waals surface area contributed by atoms with Gasteiger partial charge in [-0.1, -0.05) is 19.9 Å². The third-order valence-corrected chi connectivity index (χ3v) is 5.46. The molecule has 0 saturated carbocycles. The quantitative estimate of drug-likeness (QED) is 0.756. The average Bonchev–Trinajstić information content (AvgIpc) is 2.76. The van der Waals surface area contributed by atoms with Crippen molar-refractivity contribution in [3.8, 4) is 0 Å². The van der Waals surface area contributed by atoms with Crippen molar-refractivity contribution < 1.29 is 18.5 Å². The van der Waals surface area contributed by atoms with Gasteiger partial charge >= 0.3 is 13.1 Å². The summed E-state index contributed by atoms with van der Waals surface area (Å²) in [5.74, 6) is -0.521. The largest absolute Gasteiger partial charge is 0.462 e. The van der Waals surface area contributed by atoms with E-state index in [1.165, 1.54) is 6.07 Å². The molecular formula is C19H30BFN2O3. The molecule has 0 aromatic heterocycles. The summed E-state index contributed by atoms with van der Waals surface area (Å²) >= 11 is 0. The van der Waals surface area contributed by atoms with E-state index in [2.05, 4.69) is 10.6 Å². The molecule has 1 aromatic carbocycles. The Morgan fingerprint density at radius 2 is 1.81 bits per heavy atom. The molecule has 2 rings (SSSR count). The van der Waals surface area contributed by atoms with Gasteiger partial charge in [0.2, 0.25) is 0 Å². The Balaban J connectivity index is 2.02. The first kappa shape index (κ1) is 20.7. The van der Waals surface area contributed by atoms with Crippen molar-refractivity contribution >= 4 is 18.8 Å². The lowest BCUT2D eigenvalue weighted by atomic mass is 9.68. The van der Waals surface area contributed by atoms with Crippen molar-refractivity contribution in [1.29, 1.82) is 0 Å². The van der Waals surface area contributed by atoms with Gasteiger partial charge in [0.25, 0.3) is 0 Å². The van der Waals surface area contributed by atoms with Crippen molar-refractivity contribution in [1.82, 2.24) is 5.32 Å². The van der Waals surface area contributed by atoms with Gasteiger partial charge in [0.15, 0.2) is 0 Å². The normalized spacial score (nSPS) is 20.5. The summed E-state index contributed by atoms with van der Waals surface area (Å²) in [7, 11) is -0.416. The number of carbonyl (C=O) groups is 1. The van der Waals surface area contributed by atoms with Crippen molar-refractivity contribution in [3.63, 3.8) is 0 Å². The molecule has 1 heterocycles. The van der Waals surface area contributed by atoms with E-state index in [1.54, 1.807) is 12.1 Å². The van der Waals surface area contributed by atoms with Crippen LogP contribution in [-0.4, -0.2) is 30.4 Å². The maximum absolute atomic E-state index is 13.8.